The van der Waals surface area contributed by atoms with E-state index in [-0.39, 0.29) is 5.91 Å². The Morgan fingerprint density at radius 2 is 1.88 bits per heavy atom. The number of hydrogen-bond acceptors (Lipinski definition) is 2. The summed E-state index contributed by atoms with van der Waals surface area (Å²) in [6.45, 7) is 1.90. The van der Waals surface area contributed by atoms with Crippen molar-refractivity contribution < 1.29 is 9.21 Å². The quantitative estimate of drug-likeness (QED) is 0.519. The van der Waals surface area contributed by atoms with E-state index in [1.807, 2.05) is 55.5 Å². The first-order valence-electron chi connectivity index (χ1n) is 7.96. The van der Waals surface area contributed by atoms with Crippen LogP contribution in [0.2, 0.25) is 0 Å². The van der Waals surface area contributed by atoms with E-state index in [0.29, 0.717) is 17.0 Å². The first-order valence-corrected chi connectivity index (χ1v) is 7.96. The normalized spacial score (nSPS) is 10.7. The molecule has 0 bridgehead atoms. The smallest absolute Gasteiger partial charge is 0.291 e. The third-order valence-corrected chi connectivity index (χ3v) is 4.32. The summed E-state index contributed by atoms with van der Waals surface area (Å²) in [5.41, 5.74) is 2.92. The summed E-state index contributed by atoms with van der Waals surface area (Å²) in [5.74, 6) is 2.59. The molecule has 0 radical (unpaired) electrons. The van der Waals surface area contributed by atoms with Crippen molar-refractivity contribution in [2.45, 2.75) is 6.92 Å². The molecule has 0 saturated carbocycles. The lowest BCUT2D eigenvalue weighted by molar-refractivity contribution is 0.0998. The zero-order chi connectivity index (χ0) is 17.4. The molecule has 1 heterocycles. The fraction of sp³-hybridized carbons (Fsp3) is 0.0455. The van der Waals surface area contributed by atoms with Gasteiger partial charge < -0.3 is 9.73 Å². The first kappa shape index (κ1) is 15.0. The molecule has 3 aromatic carbocycles. The van der Waals surface area contributed by atoms with Crippen LogP contribution in [-0.4, -0.2) is 5.91 Å². The molecule has 1 N–H and O–H groups in total. The topological polar surface area (TPSA) is 42.2 Å². The highest BCUT2D eigenvalue weighted by molar-refractivity contribution is 6.11. The van der Waals surface area contributed by atoms with Crippen molar-refractivity contribution >= 4 is 33.3 Å². The van der Waals surface area contributed by atoms with Gasteiger partial charge in [-0.2, -0.15) is 0 Å². The monoisotopic (exact) mass is 325 g/mol. The highest BCUT2D eigenvalue weighted by Crippen LogP contribution is 2.32. The van der Waals surface area contributed by atoms with Crippen molar-refractivity contribution in [1.82, 2.24) is 0 Å². The molecule has 3 heteroatoms. The molecule has 4 rings (SSSR count). The maximum Gasteiger partial charge on any atom is 0.291 e. The van der Waals surface area contributed by atoms with Gasteiger partial charge in [-0.1, -0.05) is 48.4 Å². The zero-order valence-electron chi connectivity index (χ0n) is 13.7. The third kappa shape index (κ3) is 2.54. The maximum absolute atomic E-state index is 12.7. The second-order valence-electron chi connectivity index (χ2n) is 5.90. The number of carbonyl (C=O) groups excluding carboxylic acids is 1. The minimum Gasteiger partial charge on any atom is -0.450 e. The summed E-state index contributed by atoms with van der Waals surface area (Å²) in [5, 5.41) is 5.88. The molecular weight excluding hydrogens is 310 g/mol. The first-order chi connectivity index (χ1) is 12.2. The number of rotatable bonds is 2. The molecule has 1 amide bonds. The Morgan fingerprint density at radius 3 is 2.72 bits per heavy atom. The fourth-order valence-corrected chi connectivity index (χ4v) is 3.04. The number of furan rings is 1. The second-order valence-corrected chi connectivity index (χ2v) is 5.90. The number of anilines is 1. The molecule has 0 saturated heterocycles. The summed E-state index contributed by atoms with van der Waals surface area (Å²) < 4.78 is 5.95. The van der Waals surface area contributed by atoms with Crippen molar-refractivity contribution in [2.75, 3.05) is 5.32 Å². The molecule has 0 atom stereocenters. The number of hydrogen-bond donors (Lipinski definition) is 1. The Hall–Kier alpha value is -3.51. The standard InChI is InChI=1S/C22H15NO2/c1-3-15-7-6-9-17(13-15)23-22(24)20-14(2)18-12-11-16-8-4-5-10-19(16)21(18)25-20/h1,4-13H,2H3,(H,23,24). The van der Waals surface area contributed by atoms with Crippen LogP contribution in [0.4, 0.5) is 5.69 Å². The number of aryl methyl sites for hydroxylation is 1. The molecule has 120 valence electrons. The van der Waals surface area contributed by atoms with Gasteiger partial charge in [0, 0.05) is 27.6 Å². The van der Waals surface area contributed by atoms with E-state index in [1.165, 1.54) is 0 Å². The van der Waals surface area contributed by atoms with Gasteiger partial charge >= 0.3 is 0 Å². The predicted molar refractivity (Wildman–Crippen MR) is 101 cm³/mol. The van der Waals surface area contributed by atoms with Crippen LogP contribution in [0.5, 0.6) is 0 Å². The third-order valence-electron chi connectivity index (χ3n) is 4.32. The molecule has 0 aliphatic rings. The van der Waals surface area contributed by atoms with Crippen LogP contribution < -0.4 is 5.32 Å². The number of fused-ring (bicyclic) bond motifs is 3. The Morgan fingerprint density at radius 1 is 1.04 bits per heavy atom. The molecular formula is C22H15NO2. The van der Waals surface area contributed by atoms with Gasteiger partial charge in [0.05, 0.1) is 0 Å². The van der Waals surface area contributed by atoms with Gasteiger partial charge in [0.25, 0.3) is 5.91 Å². The van der Waals surface area contributed by atoms with E-state index >= 15 is 0 Å². The molecule has 1 aromatic heterocycles. The van der Waals surface area contributed by atoms with Crippen LogP contribution in [-0.2, 0) is 0 Å². The second kappa shape index (κ2) is 5.85. The number of benzene rings is 3. The number of amides is 1. The van der Waals surface area contributed by atoms with Gasteiger partial charge in [0.15, 0.2) is 5.76 Å². The van der Waals surface area contributed by atoms with E-state index in [0.717, 1.165) is 27.3 Å². The van der Waals surface area contributed by atoms with Crippen molar-refractivity contribution in [3.63, 3.8) is 0 Å². The van der Waals surface area contributed by atoms with E-state index < -0.39 is 0 Å². The summed E-state index contributed by atoms with van der Waals surface area (Å²) >= 11 is 0. The number of nitrogens with one attached hydrogen (secondary N) is 1. The molecule has 0 aliphatic carbocycles. The lowest BCUT2D eigenvalue weighted by atomic mass is 10.1. The van der Waals surface area contributed by atoms with Crippen LogP contribution in [0.25, 0.3) is 21.7 Å². The molecule has 3 nitrogen and oxygen atoms in total. The van der Waals surface area contributed by atoms with Crippen molar-refractivity contribution in [1.29, 1.82) is 0 Å². The fourth-order valence-electron chi connectivity index (χ4n) is 3.04. The van der Waals surface area contributed by atoms with E-state index in [2.05, 4.69) is 11.2 Å². The lowest BCUT2D eigenvalue weighted by Crippen LogP contribution is -2.12. The number of terminal acetylenes is 1. The van der Waals surface area contributed by atoms with Gasteiger partial charge in [-0.3, -0.25) is 4.79 Å². The van der Waals surface area contributed by atoms with E-state index in [4.69, 9.17) is 10.8 Å². The minimum absolute atomic E-state index is 0.285. The molecule has 25 heavy (non-hydrogen) atoms. The molecule has 0 fully saturated rings. The Labute approximate surface area is 145 Å². The van der Waals surface area contributed by atoms with Crippen LogP contribution >= 0.6 is 0 Å². The summed E-state index contributed by atoms with van der Waals surface area (Å²) in [4.78, 5) is 12.7. The molecule has 0 unspecified atom stereocenters. The van der Waals surface area contributed by atoms with Gasteiger partial charge in [0.2, 0.25) is 0 Å². The van der Waals surface area contributed by atoms with Gasteiger partial charge in [0.1, 0.15) is 5.58 Å². The maximum atomic E-state index is 12.7. The minimum atomic E-state index is -0.285. The largest absolute Gasteiger partial charge is 0.450 e. The van der Waals surface area contributed by atoms with Crippen LogP contribution in [0.15, 0.2) is 65.1 Å². The average molecular weight is 325 g/mol. The Kier molecular flexibility index (Phi) is 3.52. The van der Waals surface area contributed by atoms with Crippen molar-refractivity contribution in [2.24, 2.45) is 0 Å². The Bertz CT molecular complexity index is 1160. The van der Waals surface area contributed by atoms with Gasteiger partial charge in [-0.05, 0) is 30.5 Å². The lowest BCUT2D eigenvalue weighted by Gasteiger charge is -2.04. The van der Waals surface area contributed by atoms with Crippen molar-refractivity contribution in [3.8, 4) is 12.3 Å². The summed E-state index contributed by atoms with van der Waals surface area (Å²) in [6.07, 6.45) is 5.41. The number of carbonyl (C=O) groups is 1. The van der Waals surface area contributed by atoms with Crippen LogP contribution in [0.3, 0.4) is 0 Å². The SMILES string of the molecule is C#Cc1cccc(NC(=O)c2oc3c(ccc4ccccc43)c2C)c1. The highest BCUT2D eigenvalue weighted by atomic mass is 16.3. The van der Waals surface area contributed by atoms with Crippen LogP contribution in [0, 0.1) is 19.3 Å². The van der Waals surface area contributed by atoms with Gasteiger partial charge in [-0.15, -0.1) is 6.42 Å². The molecule has 0 spiro atoms. The highest BCUT2D eigenvalue weighted by Gasteiger charge is 2.19. The predicted octanol–water partition coefficient (Wildman–Crippen LogP) is 5.13. The molecule has 0 aliphatic heterocycles. The van der Waals surface area contributed by atoms with Crippen molar-refractivity contribution in [3.05, 3.63) is 77.6 Å². The summed E-state index contributed by atoms with van der Waals surface area (Å²) in [7, 11) is 0. The summed E-state index contributed by atoms with van der Waals surface area (Å²) in [6, 6.07) is 19.2. The Balaban J connectivity index is 1.78. The average Bonchev–Trinajstić information content (AvgIpc) is 2.99. The van der Waals surface area contributed by atoms with E-state index in [9.17, 15) is 4.79 Å². The zero-order valence-corrected chi connectivity index (χ0v) is 13.7. The van der Waals surface area contributed by atoms with Crippen LogP contribution in [0.1, 0.15) is 21.7 Å². The molecule has 4 aromatic rings. The van der Waals surface area contributed by atoms with E-state index in [1.54, 1.807) is 12.1 Å². The van der Waals surface area contributed by atoms with Gasteiger partial charge in [-0.25, -0.2) is 0 Å².